The van der Waals surface area contributed by atoms with Crippen LogP contribution >= 0.6 is 0 Å². The summed E-state index contributed by atoms with van der Waals surface area (Å²) in [5, 5.41) is 4.10. The minimum Gasteiger partial charge on any atom is -0.361 e. The lowest BCUT2D eigenvalue weighted by Gasteiger charge is -2.06. The first-order valence-corrected chi connectivity index (χ1v) is 6.42. The number of nitrogens with one attached hydrogen (secondary N) is 2. The van der Waals surface area contributed by atoms with E-state index < -0.39 is 0 Å². The molecule has 0 spiro atoms. The Balaban J connectivity index is 1.68. The maximum absolute atomic E-state index is 12.0. The fourth-order valence-electron chi connectivity index (χ4n) is 2.44. The molecule has 2 N–H and O–H groups in total. The van der Waals surface area contributed by atoms with Gasteiger partial charge < -0.3 is 10.3 Å². The lowest BCUT2D eigenvalue weighted by Crippen LogP contribution is -2.26. The highest BCUT2D eigenvalue weighted by atomic mass is 16.1. The van der Waals surface area contributed by atoms with E-state index >= 15 is 0 Å². The van der Waals surface area contributed by atoms with Gasteiger partial charge in [-0.2, -0.15) is 0 Å². The van der Waals surface area contributed by atoms with Crippen LogP contribution in [0.2, 0.25) is 0 Å². The van der Waals surface area contributed by atoms with Crippen molar-refractivity contribution in [3.8, 4) is 0 Å². The van der Waals surface area contributed by atoms with Crippen LogP contribution in [0.25, 0.3) is 10.9 Å². The fraction of sp³-hybridized carbons (Fsp3) is 0.400. The van der Waals surface area contributed by atoms with Gasteiger partial charge in [0, 0.05) is 29.2 Å². The average molecular weight is 242 g/mol. The predicted molar refractivity (Wildman–Crippen MR) is 72.5 cm³/mol. The Kier molecular flexibility index (Phi) is 2.44. The van der Waals surface area contributed by atoms with Crippen molar-refractivity contribution in [1.29, 1.82) is 0 Å². The summed E-state index contributed by atoms with van der Waals surface area (Å²) in [6.07, 6.45) is 3.10. The van der Waals surface area contributed by atoms with E-state index in [-0.39, 0.29) is 5.91 Å². The lowest BCUT2D eigenvalue weighted by atomic mass is 10.1. The Morgan fingerprint density at radius 3 is 2.94 bits per heavy atom. The van der Waals surface area contributed by atoms with E-state index in [0.29, 0.717) is 11.3 Å². The molecule has 1 aromatic heterocycles. The molecule has 1 saturated carbocycles. The molecule has 2 aromatic rings. The molecule has 0 saturated heterocycles. The van der Waals surface area contributed by atoms with Gasteiger partial charge in [-0.1, -0.05) is 13.8 Å². The fourth-order valence-corrected chi connectivity index (χ4v) is 2.44. The number of H-pyrrole nitrogens is 1. The third-order valence-electron chi connectivity index (χ3n) is 4.04. The van der Waals surface area contributed by atoms with Crippen LogP contribution in [-0.4, -0.2) is 17.4 Å². The Hall–Kier alpha value is -1.77. The van der Waals surface area contributed by atoms with Crippen LogP contribution in [0.15, 0.2) is 30.5 Å². The third kappa shape index (κ3) is 2.01. The minimum absolute atomic E-state index is 0.0285. The second-order valence-electron chi connectivity index (χ2n) is 5.88. The molecule has 1 aliphatic rings. The van der Waals surface area contributed by atoms with Gasteiger partial charge in [0.15, 0.2) is 0 Å². The number of hydrogen-bond acceptors (Lipinski definition) is 1. The Morgan fingerprint density at radius 2 is 2.22 bits per heavy atom. The summed E-state index contributed by atoms with van der Waals surface area (Å²) in [4.78, 5) is 15.2. The Labute approximate surface area is 107 Å². The number of benzene rings is 1. The molecule has 1 aliphatic carbocycles. The van der Waals surface area contributed by atoms with E-state index in [4.69, 9.17) is 0 Å². The minimum atomic E-state index is 0.0285. The molecule has 18 heavy (non-hydrogen) atoms. The summed E-state index contributed by atoms with van der Waals surface area (Å²) in [6.45, 7) is 5.28. The molecule has 0 bridgehead atoms. The first-order chi connectivity index (χ1) is 8.56. The van der Waals surface area contributed by atoms with Crippen LogP contribution in [0.5, 0.6) is 0 Å². The largest absolute Gasteiger partial charge is 0.361 e. The summed E-state index contributed by atoms with van der Waals surface area (Å²) in [6, 6.07) is 7.73. The summed E-state index contributed by atoms with van der Waals surface area (Å²) >= 11 is 0. The molecule has 3 nitrogen and oxygen atoms in total. The molecular weight excluding hydrogens is 224 g/mol. The number of carbonyl (C=O) groups excluding carboxylic acids is 1. The molecule has 0 aliphatic heterocycles. The third-order valence-corrected chi connectivity index (χ3v) is 4.04. The van der Waals surface area contributed by atoms with Crippen molar-refractivity contribution in [2.45, 2.75) is 20.3 Å². The van der Waals surface area contributed by atoms with Crippen molar-refractivity contribution >= 4 is 16.8 Å². The molecule has 1 aromatic carbocycles. The molecule has 1 amide bonds. The van der Waals surface area contributed by atoms with Crippen molar-refractivity contribution in [2.24, 2.45) is 11.3 Å². The number of amides is 1. The van der Waals surface area contributed by atoms with Gasteiger partial charge in [0.2, 0.25) is 0 Å². The van der Waals surface area contributed by atoms with Gasteiger partial charge in [-0.05, 0) is 42.0 Å². The Morgan fingerprint density at radius 1 is 1.44 bits per heavy atom. The molecule has 3 heteroatoms. The highest BCUT2D eigenvalue weighted by Crippen LogP contribution is 2.50. The van der Waals surface area contributed by atoms with Gasteiger partial charge in [-0.25, -0.2) is 0 Å². The van der Waals surface area contributed by atoms with Gasteiger partial charge in [0.25, 0.3) is 5.91 Å². The van der Waals surface area contributed by atoms with Crippen molar-refractivity contribution < 1.29 is 4.79 Å². The molecule has 0 radical (unpaired) electrons. The molecular formula is C15H18N2O. The summed E-state index contributed by atoms with van der Waals surface area (Å²) in [5.74, 6) is 0.665. The zero-order chi connectivity index (χ0) is 12.8. The molecule has 1 heterocycles. The topological polar surface area (TPSA) is 44.9 Å². The number of hydrogen-bond donors (Lipinski definition) is 2. The second kappa shape index (κ2) is 3.87. The van der Waals surface area contributed by atoms with Gasteiger partial charge in [0.1, 0.15) is 0 Å². The van der Waals surface area contributed by atoms with E-state index in [1.165, 1.54) is 6.42 Å². The van der Waals surface area contributed by atoms with Crippen LogP contribution in [0.3, 0.4) is 0 Å². The maximum Gasteiger partial charge on any atom is 0.251 e. The van der Waals surface area contributed by atoms with E-state index in [2.05, 4.69) is 24.1 Å². The number of aromatic nitrogens is 1. The first kappa shape index (κ1) is 11.3. The van der Waals surface area contributed by atoms with Crippen molar-refractivity contribution in [3.05, 3.63) is 36.0 Å². The zero-order valence-corrected chi connectivity index (χ0v) is 10.8. The standard InChI is InChI=1S/C15H18N2O/c1-15(2)8-12(15)9-17-14(18)11-3-4-13-10(7-11)5-6-16-13/h3-7,12,16H,8-9H2,1-2H3,(H,17,18). The summed E-state index contributed by atoms with van der Waals surface area (Å²) < 4.78 is 0. The number of fused-ring (bicyclic) bond motifs is 1. The number of carbonyl (C=O) groups is 1. The number of rotatable bonds is 3. The van der Waals surface area contributed by atoms with Crippen LogP contribution in [-0.2, 0) is 0 Å². The van der Waals surface area contributed by atoms with Crippen LogP contribution in [0, 0.1) is 11.3 Å². The smallest absolute Gasteiger partial charge is 0.251 e. The SMILES string of the molecule is CC1(C)CC1CNC(=O)c1ccc2[nH]ccc2c1. The van der Waals surface area contributed by atoms with Gasteiger partial charge in [0.05, 0.1) is 0 Å². The van der Waals surface area contributed by atoms with Crippen molar-refractivity contribution in [3.63, 3.8) is 0 Å². The molecule has 94 valence electrons. The average Bonchev–Trinajstić information content (AvgIpc) is 2.77. The van der Waals surface area contributed by atoms with Crippen LogP contribution in [0.1, 0.15) is 30.6 Å². The van der Waals surface area contributed by atoms with Gasteiger partial charge in [-0.3, -0.25) is 4.79 Å². The highest BCUT2D eigenvalue weighted by Gasteiger charge is 2.45. The lowest BCUT2D eigenvalue weighted by molar-refractivity contribution is 0.0950. The van der Waals surface area contributed by atoms with Gasteiger partial charge in [-0.15, -0.1) is 0 Å². The van der Waals surface area contributed by atoms with Crippen LogP contribution in [0.4, 0.5) is 0 Å². The van der Waals surface area contributed by atoms with E-state index in [0.717, 1.165) is 23.0 Å². The molecule has 1 fully saturated rings. The van der Waals surface area contributed by atoms with E-state index in [1.807, 2.05) is 30.5 Å². The highest BCUT2D eigenvalue weighted by molar-refractivity contribution is 5.98. The van der Waals surface area contributed by atoms with Crippen molar-refractivity contribution in [1.82, 2.24) is 10.3 Å². The van der Waals surface area contributed by atoms with E-state index in [1.54, 1.807) is 0 Å². The van der Waals surface area contributed by atoms with E-state index in [9.17, 15) is 4.79 Å². The van der Waals surface area contributed by atoms with Crippen LogP contribution < -0.4 is 5.32 Å². The molecule has 3 rings (SSSR count). The number of aromatic amines is 1. The maximum atomic E-state index is 12.0. The molecule has 1 atom stereocenters. The van der Waals surface area contributed by atoms with Gasteiger partial charge >= 0.3 is 0 Å². The Bertz CT molecular complexity index is 597. The summed E-state index contributed by atoms with van der Waals surface area (Å²) in [7, 11) is 0. The summed E-state index contributed by atoms with van der Waals surface area (Å²) in [5.41, 5.74) is 2.22. The monoisotopic (exact) mass is 242 g/mol. The molecule has 1 unspecified atom stereocenters. The second-order valence-corrected chi connectivity index (χ2v) is 5.88. The quantitative estimate of drug-likeness (QED) is 0.854. The first-order valence-electron chi connectivity index (χ1n) is 6.42. The zero-order valence-electron chi connectivity index (χ0n) is 10.8. The predicted octanol–water partition coefficient (Wildman–Crippen LogP) is 2.94. The van der Waals surface area contributed by atoms with Crippen molar-refractivity contribution in [2.75, 3.05) is 6.54 Å². The normalized spacial score (nSPS) is 20.9.